The number of Topliss-reactive ketones (excluding diaryl/α,β-unsaturated/α-hetero) is 1. The lowest BCUT2D eigenvalue weighted by molar-refractivity contribution is -0.138. The number of nitrogens with one attached hydrogen (secondary N) is 1. The van der Waals surface area contributed by atoms with Crippen LogP contribution in [0.2, 0.25) is 0 Å². The van der Waals surface area contributed by atoms with E-state index in [4.69, 9.17) is 14.2 Å². The summed E-state index contributed by atoms with van der Waals surface area (Å²) in [5.74, 6) is 0.000588. The molecule has 3 heterocycles. The molecule has 41 heavy (non-hydrogen) atoms. The van der Waals surface area contributed by atoms with Crippen LogP contribution in [0.3, 0.4) is 0 Å². The van der Waals surface area contributed by atoms with Crippen LogP contribution in [-0.4, -0.2) is 105 Å². The minimum absolute atomic E-state index is 0. The minimum atomic E-state index is -0.728. The monoisotopic (exact) mass is 651 g/mol. The molecule has 0 radical (unpaired) electrons. The van der Waals surface area contributed by atoms with Gasteiger partial charge in [0.05, 0.1) is 13.2 Å². The van der Waals surface area contributed by atoms with E-state index in [2.05, 4.69) is 10.2 Å². The number of ketones is 1. The molecule has 3 aliphatic heterocycles. The number of methoxy groups -OCH3 is 2. The van der Waals surface area contributed by atoms with Crippen molar-refractivity contribution in [2.45, 2.75) is 63.3 Å². The van der Waals surface area contributed by atoms with E-state index in [-0.39, 0.29) is 96.8 Å². The Kier molecular flexibility index (Phi) is 18.2. The number of piperidine rings is 1. The lowest BCUT2D eigenvalue weighted by Gasteiger charge is -2.32. The first-order valence-electron chi connectivity index (χ1n) is 13.4. The van der Waals surface area contributed by atoms with Gasteiger partial charge in [0.2, 0.25) is 5.91 Å². The van der Waals surface area contributed by atoms with Crippen molar-refractivity contribution in [3.05, 3.63) is 35.4 Å². The average Bonchev–Trinajstić information content (AvgIpc) is 3.47. The van der Waals surface area contributed by atoms with E-state index >= 15 is 0 Å². The van der Waals surface area contributed by atoms with Crippen molar-refractivity contribution in [2.24, 2.45) is 5.92 Å². The smallest absolute Gasteiger partial charge is 0.251 e. The number of carbonyl (C=O) groups excluding carboxylic acids is 3. The highest BCUT2D eigenvalue weighted by Gasteiger charge is 2.53. The molecule has 13 heteroatoms. The number of ether oxygens (including phenoxy) is 3. The Morgan fingerprint density at radius 1 is 1.05 bits per heavy atom. The summed E-state index contributed by atoms with van der Waals surface area (Å²) in [5, 5.41) is 2.95. The van der Waals surface area contributed by atoms with Gasteiger partial charge >= 0.3 is 0 Å². The van der Waals surface area contributed by atoms with Gasteiger partial charge in [-0.05, 0) is 61.9 Å². The molecule has 0 unspecified atom stereocenters. The summed E-state index contributed by atoms with van der Waals surface area (Å²) in [6, 6.07) is 6.39. The molecule has 4 atom stereocenters. The minimum Gasteiger partial charge on any atom is -0.383 e. The number of likely N-dealkylation sites (tertiary alicyclic amines) is 2. The first-order valence-corrected chi connectivity index (χ1v) is 13.4. The van der Waals surface area contributed by atoms with Crippen LogP contribution in [0.5, 0.6) is 0 Å². The van der Waals surface area contributed by atoms with E-state index in [1.165, 1.54) is 5.56 Å². The quantitative estimate of drug-likeness (QED) is 0.415. The number of rotatable bonds is 10. The Labute approximate surface area is 272 Å². The number of hydrogen-bond donors (Lipinski definition) is 1. The van der Waals surface area contributed by atoms with Crippen LogP contribution in [0.25, 0.3) is 0 Å². The van der Waals surface area contributed by atoms with E-state index in [1.807, 2.05) is 38.1 Å². The number of nitrogens with zero attached hydrogens (tertiary/aromatic N) is 2. The zero-order valence-electron chi connectivity index (χ0n) is 24.5. The number of amides is 2. The Morgan fingerprint density at radius 2 is 1.68 bits per heavy atom. The van der Waals surface area contributed by atoms with Crippen LogP contribution in [0.4, 0.5) is 0 Å². The van der Waals surface area contributed by atoms with Crippen molar-refractivity contribution in [3.63, 3.8) is 0 Å². The van der Waals surface area contributed by atoms with Crippen molar-refractivity contribution >= 4 is 71.6 Å². The van der Waals surface area contributed by atoms with Gasteiger partial charge in [-0.3, -0.25) is 14.4 Å². The molecule has 2 amide bonds. The average molecular weight is 652 g/mol. The molecule has 3 saturated heterocycles. The first kappa shape index (κ1) is 40.1. The van der Waals surface area contributed by atoms with Crippen molar-refractivity contribution in [1.29, 1.82) is 0 Å². The molecule has 0 saturated carbocycles. The lowest BCUT2D eigenvalue weighted by Crippen LogP contribution is -2.52. The zero-order valence-corrected chi connectivity index (χ0v) is 28.5. The van der Waals surface area contributed by atoms with Crippen LogP contribution in [-0.2, 0) is 23.8 Å². The predicted octanol–water partition coefficient (Wildman–Crippen LogP) is 2.30. The van der Waals surface area contributed by atoms with Gasteiger partial charge in [0, 0.05) is 26.3 Å². The van der Waals surface area contributed by atoms with E-state index < -0.39 is 18.2 Å². The molecular weight excluding hydrogens is 603 g/mol. The first-order chi connectivity index (χ1) is 17.8. The van der Waals surface area contributed by atoms with Crippen LogP contribution < -0.4 is 5.32 Å². The second-order valence-corrected chi connectivity index (χ2v) is 10.8. The molecule has 0 bridgehead atoms. The summed E-state index contributed by atoms with van der Waals surface area (Å²) < 4.78 is 16.3. The van der Waals surface area contributed by atoms with Crippen molar-refractivity contribution in [1.82, 2.24) is 15.1 Å². The molecule has 0 aliphatic carbocycles. The Morgan fingerprint density at radius 3 is 2.24 bits per heavy atom. The number of carbonyl (C=O) groups is 3. The highest BCUT2D eigenvalue weighted by atomic mass is 32.1. The van der Waals surface area contributed by atoms with Gasteiger partial charge in [0.15, 0.2) is 5.78 Å². The van der Waals surface area contributed by atoms with Crippen LogP contribution in [0.1, 0.15) is 54.9 Å². The SMILES string of the molecule is COCCN1CCC(c2ccc(C(=O)N[C@@H](CC(C)C)C(=O)N3C[C@H](OC)[C@H]4OCC(=O)[C@H]43)cc2)CC1.S.S.S.S. The number of hydrogen-bond acceptors (Lipinski definition) is 7. The zero-order chi connectivity index (χ0) is 26.5. The van der Waals surface area contributed by atoms with Gasteiger partial charge in [0.25, 0.3) is 5.91 Å². The lowest BCUT2D eigenvalue weighted by atomic mass is 9.89. The third-order valence-corrected chi connectivity index (χ3v) is 7.88. The highest BCUT2D eigenvalue weighted by Crippen LogP contribution is 2.31. The molecule has 1 aromatic carbocycles. The Hall–Kier alpha value is -0.930. The van der Waals surface area contributed by atoms with Crippen LogP contribution in [0.15, 0.2) is 24.3 Å². The molecular formula is C28H49N3O6S4. The van der Waals surface area contributed by atoms with Gasteiger partial charge < -0.3 is 29.3 Å². The maximum Gasteiger partial charge on any atom is 0.251 e. The summed E-state index contributed by atoms with van der Waals surface area (Å²) in [6.07, 6.45) is 1.85. The van der Waals surface area contributed by atoms with Gasteiger partial charge in [0.1, 0.15) is 30.9 Å². The topological polar surface area (TPSA) is 97.4 Å². The summed E-state index contributed by atoms with van der Waals surface area (Å²) in [6.45, 7) is 8.09. The van der Waals surface area contributed by atoms with E-state index in [1.54, 1.807) is 19.1 Å². The molecule has 1 N–H and O–H groups in total. The molecule has 9 nitrogen and oxygen atoms in total. The van der Waals surface area contributed by atoms with Crippen LogP contribution >= 0.6 is 54.0 Å². The van der Waals surface area contributed by atoms with Gasteiger partial charge in [-0.15, -0.1) is 0 Å². The van der Waals surface area contributed by atoms with E-state index in [0.29, 0.717) is 17.9 Å². The summed E-state index contributed by atoms with van der Waals surface area (Å²) >= 11 is 0. The summed E-state index contributed by atoms with van der Waals surface area (Å²) in [7, 11) is 3.29. The molecule has 236 valence electrons. The normalized spacial score (nSPS) is 23.0. The molecule has 4 rings (SSSR count). The fraction of sp³-hybridized carbons (Fsp3) is 0.679. The van der Waals surface area contributed by atoms with E-state index in [0.717, 1.165) is 39.1 Å². The van der Waals surface area contributed by atoms with Gasteiger partial charge in [-0.25, -0.2) is 0 Å². The fourth-order valence-corrected chi connectivity index (χ4v) is 5.80. The molecule has 3 aliphatic rings. The molecule has 1 aromatic rings. The maximum absolute atomic E-state index is 13.6. The number of fused-ring (bicyclic) bond motifs is 1. The van der Waals surface area contributed by atoms with E-state index in [9.17, 15) is 14.4 Å². The van der Waals surface area contributed by atoms with Crippen molar-refractivity contribution < 1.29 is 28.6 Å². The second kappa shape index (κ2) is 18.7. The standard InChI is InChI=1S/C28H41N3O6.4H2S/c1-18(2)15-22(28(34)31-16-24(36-4)26-25(31)23(32)17-37-26)29-27(33)21-7-5-19(6-8-21)20-9-11-30(12-10-20)13-14-35-3;;;;/h5-8,18,20,22,24-26H,9-17H2,1-4H3,(H,29,33);4*1H2/t22-,24-,25+,26+;;;;/m0..../s1. The van der Waals surface area contributed by atoms with Crippen molar-refractivity contribution in [2.75, 3.05) is 53.6 Å². The molecule has 0 aromatic heterocycles. The number of benzene rings is 1. The third-order valence-electron chi connectivity index (χ3n) is 7.88. The highest BCUT2D eigenvalue weighted by molar-refractivity contribution is 7.59. The summed E-state index contributed by atoms with van der Waals surface area (Å²) in [4.78, 5) is 43.2. The van der Waals surface area contributed by atoms with Gasteiger partial charge in [-0.2, -0.15) is 54.0 Å². The Bertz CT molecular complexity index is 963. The molecule has 0 spiro atoms. The second-order valence-electron chi connectivity index (χ2n) is 10.8. The maximum atomic E-state index is 13.6. The fourth-order valence-electron chi connectivity index (χ4n) is 5.80. The predicted molar refractivity (Wildman–Crippen MR) is 180 cm³/mol. The van der Waals surface area contributed by atoms with Crippen LogP contribution in [0, 0.1) is 5.92 Å². The summed E-state index contributed by atoms with van der Waals surface area (Å²) in [5.41, 5.74) is 1.77. The third kappa shape index (κ3) is 9.79. The van der Waals surface area contributed by atoms with Crippen molar-refractivity contribution in [3.8, 4) is 0 Å². The van der Waals surface area contributed by atoms with Gasteiger partial charge in [-0.1, -0.05) is 26.0 Å². The molecule has 3 fully saturated rings. The Balaban J connectivity index is 0.00000400. The largest absolute Gasteiger partial charge is 0.383 e.